The van der Waals surface area contributed by atoms with Crippen LogP contribution in [0.4, 0.5) is 0 Å². The molecular weight excluding hydrogens is 216 g/mol. The molecule has 0 saturated carbocycles. The average Bonchev–Trinajstić information content (AvgIpc) is 2.70. The summed E-state index contributed by atoms with van der Waals surface area (Å²) in [6.07, 6.45) is 0. The Kier molecular flexibility index (Phi) is 3.47. The molecule has 1 atom stereocenters. The summed E-state index contributed by atoms with van der Waals surface area (Å²) in [7, 11) is 0. The molecule has 2 N–H and O–H groups in total. The molecular formula is C11H14N6. The van der Waals surface area contributed by atoms with E-state index in [1.54, 1.807) is 0 Å². The number of hydrogen-bond donors (Lipinski definition) is 1. The lowest BCUT2D eigenvalue weighted by Crippen LogP contribution is -2.41. The van der Waals surface area contributed by atoms with Crippen LogP contribution in [0.1, 0.15) is 5.56 Å². The van der Waals surface area contributed by atoms with Crippen LogP contribution in [0.2, 0.25) is 0 Å². The number of rotatable bonds is 4. The number of nitrogens with zero attached hydrogens (tertiary/aromatic N) is 5. The first-order valence-electron chi connectivity index (χ1n) is 5.42. The second kappa shape index (κ2) is 5.23. The molecule has 1 aromatic rings. The minimum absolute atomic E-state index is 0.0751. The number of benzene rings is 1. The first kappa shape index (κ1) is 11.3. The molecule has 0 radical (unpaired) electrons. The maximum absolute atomic E-state index is 8.34. The lowest BCUT2D eigenvalue weighted by molar-refractivity contribution is 0.339. The van der Waals surface area contributed by atoms with Crippen LogP contribution in [0.25, 0.3) is 10.4 Å². The van der Waals surface area contributed by atoms with Crippen molar-refractivity contribution in [1.82, 2.24) is 4.90 Å². The zero-order valence-corrected chi connectivity index (χ0v) is 9.40. The first-order chi connectivity index (χ1) is 8.31. The molecule has 6 heteroatoms. The van der Waals surface area contributed by atoms with Gasteiger partial charge in [0.2, 0.25) is 0 Å². The molecule has 1 heterocycles. The van der Waals surface area contributed by atoms with E-state index >= 15 is 0 Å². The maximum atomic E-state index is 8.34. The van der Waals surface area contributed by atoms with Crippen molar-refractivity contribution >= 4 is 5.96 Å². The fourth-order valence-corrected chi connectivity index (χ4v) is 1.85. The third-order valence-electron chi connectivity index (χ3n) is 2.75. The Balaban J connectivity index is 2.06. The predicted octanol–water partition coefficient (Wildman–Crippen LogP) is 1.50. The number of guanidine groups is 1. The smallest absolute Gasteiger partial charge is 0.191 e. The van der Waals surface area contributed by atoms with Gasteiger partial charge in [-0.2, -0.15) is 0 Å². The normalized spacial score (nSPS) is 18.7. The van der Waals surface area contributed by atoms with Crippen LogP contribution in [-0.2, 0) is 6.54 Å². The largest absolute Gasteiger partial charge is 0.370 e. The van der Waals surface area contributed by atoms with Crippen molar-refractivity contribution in [2.45, 2.75) is 12.6 Å². The number of azide groups is 1. The summed E-state index contributed by atoms with van der Waals surface area (Å²) in [5, 5.41) is 3.59. The molecule has 0 aromatic heterocycles. The van der Waals surface area contributed by atoms with Crippen molar-refractivity contribution in [2.24, 2.45) is 15.8 Å². The first-order valence-corrected chi connectivity index (χ1v) is 5.42. The van der Waals surface area contributed by atoms with Gasteiger partial charge in [0, 0.05) is 18.0 Å². The van der Waals surface area contributed by atoms with Gasteiger partial charge in [-0.15, -0.1) is 0 Å². The molecule has 0 saturated heterocycles. The molecule has 0 bridgehead atoms. The van der Waals surface area contributed by atoms with Crippen LogP contribution < -0.4 is 5.73 Å². The van der Waals surface area contributed by atoms with Gasteiger partial charge in [0.1, 0.15) is 0 Å². The van der Waals surface area contributed by atoms with Gasteiger partial charge in [0.15, 0.2) is 5.96 Å². The topological polar surface area (TPSA) is 90.4 Å². The summed E-state index contributed by atoms with van der Waals surface area (Å²) in [4.78, 5) is 8.93. The molecule has 17 heavy (non-hydrogen) atoms. The summed E-state index contributed by atoms with van der Waals surface area (Å²) in [5.74, 6) is 0.520. The SMILES string of the molecule is [N-]=[N+]=NCC1CN=C(N)N1Cc1ccccc1. The molecule has 88 valence electrons. The molecule has 6 nitrogen and oxygen atoms in total. The zero-order chi connectivity index (χ0) is 12.1. The Morgan fingerprint density at radius 3 is 2.94 bits per heavy atom. The van der Waals surface area contributed by atoms with E-state index in [4.69, 9.17) is 11.3 Å². The third kappa shape index (κ3) is 2.68. The minimum Gasteiger partial charge on any atom is -0.370 e. The van der Waals surface area contributed by atoms with Gasteiger partial charge in [0.25, 0.3) is 0 Å². The summed E-state index contributed by atoms with van der Waals surface area (Å²) < 4.78 is 0. The highest BCUT2D eigenvalue weighted by Crippen LogP contribution is 2.13. The van der Waals surface area contributed by atoms with Crippen LogP contribution in [0.3, 0.4) is 0 Å². The number of nitrogens with two attached hydrogens (primary N) is 1. The Bertz CT molecular complexity index is 448. The Labute approximate surface area is 99.4 Å². The summed E-state index contributed by atoms with van der Waals surface area (Å²) in [6.45, 7) is 1.69. The molecule has 0 fully saturated rings. The molecule has 1 aliphatic rings. The van der Waals surface area contributed by atoms with E-state index in [1.165, 1.54) is 5.56 Å². The van der Waals surface area contributed by atoms with E-state index in [9.17, 15) is 0 Å². The van der Waals surface area contributed by atoms with Crippen molar-refractivity contribution < 1.29 is 0 Å². The molecule has 0 amide bonds. The molecule has 0 aliphatic carbocycles. The zero-order valence-electron chi connectivity index (χ0n) is 9.40. The summed E-state index contributed by atoms with van der Waals surface area (Å²) >= 11 is 0. The van der Waals surface area contributed by atoms with Gasteiger partial charge in [-0.05, 0) is 11.1 Å². The van der Waals surface area contributed by atoms with Gasteiger partial charge >= 0.3 is 0 Å². The van der Waals surface area contributed by atoms with Crippen molar-refractivity contribution in [2.75, 3.05) is 13.1 Å². The fraction of sp³-hybridized carbons (Fsp3) is 0.364. The Morgan fingerprint density at radius 1 is 1.47 bits per heavy atom. The van der Waals surface area contributed by atoms with Crippen molar-refractivity contribution in [3.8, 4) is 0 Å². The summed E-state index contributed by atoms with van der Waals surface area (Å²) in [5.41, 5.74) is 15.3. The van der Waals surface area contributed by atoms with Crippen molar-refractivity contribution in [1.29, 1.82) is 0 Å². The minimum atomic E-state index is 0.0751. The van der Waals surface area contributed by atoms with Crippen molar-refractivity contribution in [3.63, 3.8) is 0 Å². The van der Waals surface area contributed by atoms with E-state index in [0.717, 1.165) is 0 Å². The average molecular weight is 230 g/mol. The molecule has 0 spiro atoms. The standard InChI is InChI=1S/C11H14N6/c12-11-14-6-10(7-15-16-13)17(11)8-9-4-2-1-3-5-9/h1-5,10H,6-8H2,(H2,12,14). The van der Waals surface area contributed by atoms with Gasteiger partial charge in [-0.3, -0.25) is 4.99 Å². The fourth-order valence-electron chi connectivity index (χ4n) is 1.85. The number of aliphatic imine (C=N–C) groups is 1. The predicted molar refractivity (Wildman–Crippen MR) is 66.3 cm³/mol. The highest BCUT2D eigenvalue weighted by atomic mass is 15.3. The molecule has 1 aliphatic heterocycles. The van der Waals surface area contributed by atoms with Crippen LogP contribution >= 0.6 is 0 Å². The highest BCUT2D eigenvalue weighted by molar-refractivity contribution is 5.80. The van der Waals surface area contributed by atoms with Gasteiger partial charge in [-0.25, -0.2) is 0 Å². The van der Waals surface area contributed by atoms with E-state index < -0.39 is 0 Å². The van der Waals surface area contributed by atoms with E-state index in [-0.39, 0.29) is 6.04 Å². The van der Waals surface area contributed by atoms with Gasteiger partial charge < -0.3 is 10.6 Å². The lowest BCUT2D eigenvalue weighted by atomic mass is 10.2. The molecule has 1 unspecified atom stereocenters. The highest BCUT2D eigenvalue weighted by Gasteiger charge is 2.25. The summed E-state index contributed by atoms with van der Waals surface area (Å²) in [6, 6.07) is 10.1. The second-order valence-electron chi connectivity index (χ2n) is 3.88. The van der Waals surface area contributed by atoms with E-state index in [0.29, 0.717) is 25.6 Å². The Morgan fingerprint density at radius 2 is 2.24 bits per heavy atom. The lowest BCUT2D eigenvalue weighted by Gasteiger charge is -2.25. The third-order valence-corrected chi connectivity index (χ3v) is 2.75. The van der Waals surface area contributed by atoms with Crippen LogP contribution in [0, 0.1) is 0 Å². The van der Waals surface area contributed by atoms with E-state index in [2.05, 4.69) is 15.0 Å². The number of hydrogen-bond acceptors (Lipinski definition) is 4. The maximum Gasteiger partial charge on any atom is 0.191 e. The molecule has 2 rings (SSSR count). The molecule has 1 aromatic carbocycles. The van der Waals surface area contributed by atoms with Crippen LogP contribution in [0.5, 0.6) is 0 Å². The van der Waals surface area contributed by atoms with Crippen LogP contribution in [0.15, 0.2) is 40.4 Å². The monoisotopic (exact) mass is 230 g/mol. The Hall–Kier alpha value is -2.20. The van der Waals surface area contributed by atoms with Crippen molar-refractivity contribution in [3.05, 3.63) is 46.3 Å². The van der Waals surface area contributed by atoms with E-state index in [1.807, 2.05) is 35.2 Å². The quantitative estimate of drug-likeness (QED) is 0.482. The second-order valence-corrected chi connectivity index (χ2v) is 3.88. The van der Waals surface area contributed by atoms with Gasteiger partial charge in [-0.1, -0.05) is 35.4 Å². The van der Waals surface area contributed by atoms with Crippen LogP contribution in [-0.4, -0.2) is 30.0 Å². The van der Waals surface area contributed by atoms with Gasteiger partial charge in [0.05, 0.1) is 12.6 Å².